The second-order valence-electron chi connectivity index (χ2n) is 7.14. The zero-order valence-electron chi connectivity index (χ0n) is 19.2. The lowest BCUT2D eigenvalue weighted by Gasteiger charge is -2.06. The van der Waals surface area contributed by atoms with Crippen LogP contribution in [0.3, 0.4) is 0 Å². The Morgan fingerprint density at radius 2 is 1.81 bits per heavy atom. The molecule has 0 aliphatic heterocycles. The lowest BCUT2D eigenvalue weighted by molar-refractivity contribution is -0.127. The fourth-order valence-electron chi connectivity index (χ4n) is 2.48. The highest BCUT2D eigenvalue weighted by Gasteiger charge is 2.27. The van der Waals surface area contributed by atoms with Crippen LogP contribution in [0.4, 0.5) is 13.2 Å². The number of nitrogens with zero attached hydrogens (tertiary/aromatic N) is 3. The van der Waals surface area contributed by atoms with Gasteiger partial charge in [0, 0.05) is 30.7 Å². The third-order valence-electron chi connectivity index (χ3n) is 4.17. The molecule has 172 valence electrons. The molecule has 32 heavy (non-hydrogen) atoms. The van der Waals surface area contributed by atoms with Crippen LogP contribution in [0.5, 0.6) is 0 Å². The monoisotopic (exact) mass is 445 g/mol. The van der Waals surface area contributed by atoms with Gasteiger partial charge in [-0.25, -0.2) is 4.99 Å². The molecule has 1 aromatic carbocycles. The van der Waals surface area contributed by atoms with Gasteiger partial charge in [0.1, 0.15) is 5.69 Å². The Balaban J connectivity index is 0.000000363. The van der Waals surface area contributed by atoms with E-state index in [0.717, 1.165) is 33.8 Å². The molecule has 1 aromatic heterocycles. The largest absolute Gasteiger partial charge is 0.501 e. The zero-order valence-corrected chi connectivity index (χ0v) is 19.2. The zero-order chi connectivity index (χ0) is 24.3. The van der Waals surface area contributed by atoms with E-state index in [1.165, 1.54) is 12.1 Å². The lowest BCUT2D eigenvalue weighted by atomic mass is 10.1. The molecule has 0 N–H and O–H groups in total. The number of alkyl halides is 3. The number of rotatable bonds is 6. The van der Waals surface area contributed by atoms with Gasteiger partial charge in [0.15, 0.2) is 5.49 Å². The van der Waals surface area contributed by atoms with Crippen LogP contribution in [0.15, 0.2) is 84.5 Å². The van der Waals surface area contributed by atoms with Gasteiger partial charge in [0.2, 0.25) is 0 Å². The number of allylic oxidation sites excluding steroid dienone is 6. The highest BCUT2D eigenvalue weighted by Crippen LogP contribution is 2.21. The van der Waals surface area contributed by atoms with E-state index in [4.69, 9.17) is 4.74 Å². The summed E-state index contributed by atoms with van der Waals surface area (Å²) in [5.74, 6) is 0.808. The predicted molar refractivity (Wildman–Crippen MR) is 123 cm³/mol. The van der Waals surface area contributed by atoms with E-state index in [-0.39, 0.29) is 0 Å². The van der Waals surface area contributed by atoms with Crippen LogP contribution in [-0.4, -0.2) is 22.8 Å². The average molecular weight is 446 g/mol. The molecule has 0 unspecified atom stereocenters. The van der Waals surface area contributed by atoms with Crippen molar-refractivity contribution in [1.82, 2.24) is 9.55 Å². The summed E-state index contributed by atoms with van der Waals surface area (Å²) >= 11 is 0. The molecular formula is C25H30F3N3O. The first kappa shape index (κ1) is 26.7. The fraction of sp³-hybridized carbons (Fsp3) is 0.280. The molecule has 0 spiro atoms. The first-order valence-electron chi connectivity index (χ1n) is 9.86. The van der Waals surface area contributed by atoms with Crippen molar-refractivity contribution in [2.75, 3.05) is 7.11 Å². The molecule has 0 fully saturated rings. The number of hydrogen-bond donors (Lipinski definition) is 0. The Morgan fingerprint density at radius 1 is 1.19 bits per heavy atom. The number of aromatic nitrogens is 2. The maximum atomic E-state index is 11.8. The van der Waals surface area contributed by atoms with Gasteiger partial charge in [-0.2, -0.15) is 13.2 Å². The minimum atomic E-state index is -4.10. The summed E-state index contributed by atoms with van der Waals surface area (Å²) in [4.78, 5) is 8.84. The predicted octanol–water partition coefficient (Wildman–Crippen LogP) is 6.07. The number of aryl methyl sites for hydroxylation is 2. The summed E-state index contributed by atoms with van der Waals surface area (Å²) in [6.45, 7) is 13.2. The third-order valence-corrected chi connectivity index (χ3v) is 4.17. The van der Waals surface area contributed by atoms with Gasteiger partial charge < -0.3 is 9.30 Å². The second kappa shape index (κ2) is 12.5. The molecule has 2 aromatic rings. The van der Waals surface area contributed by atoms with Gasteiger partial charge in [-0.3, -0.25) is 4.98 Å². The highest BCUT2D eigenvalue weighted by molar-refractivity contribution is 5.71. The number of halogens is 3. The molecule has 1 heterocycles. The van der Waals surface area contributed by atoms with E-state index in [9.17, 15) is 13.2 Å². The van der Waals surface area contributed by atoms with Crippen molar-refractivity contribution in [3.05, 3.63) is 102 Å². The SMILES string of the molecule is C=C/C(=C\C=C(/C)OC)c1nccn(C)c1=NC(=C)C.Cc1ccc(CC(F)(F)F)cc1. The molecule has 2 rings (SSSR count). The van der Waals surface area contributed by atoms with Gasteiger partial charge >= 0.3 is 6.18 Å². The average Bonchev–Trinajstić information content (AvgIpc) is 2.71. The van der Waals surface area contributed by atoms with Crippen molar-refractivity contribution >= 4 is 5.57 Å². The quantitative estimate of drug-likeness (QED) is 0.400. The van der Waals surface area contributed by atoms with Crippen LogP contribution in [0.2, 0.25) is 0 Å². The lowest BCUT2D eigenvalue weighted by Crippen LogP contribution is -2.23. The van der Waals surface area contributed by atoms with E-state index >= 15 is 0 Å². The molecule has 0 aliphatic rings. The van der Waals surface area contributed by atoms with Gasteiger partial charge in [-0.05, 0) is 38.5 Å². The van der Waals surface area contributed by atoms with Crippen LogP contribution in [0, 0.1) is 6.92 Å². The maximum absolute atomic E-state index is 11.8. The van der Waals surface area contributed by atoms with E-state index in [1.54, 1.807) is 31.5 Å². The normalized spacial score (nSPS) is 12.7. The third kappa shape index (κ3) is 9.64. The first-order valence-corrected chi connectivity index (χ1v) is 9.86. The molecule has 0 aliphatic carbocycles. The van der Waals surface area contributed by atoms with Crippen molar-refractivity contribution in [2.45, 2.75) is 33.4 Å². The number of hydrogen-bond acceptors (Lipinski definition) is 3. The van der Waals surface area contributed by atoms with Crippen LogP contribution in [0.25, 0.3) is 5.57 Å². The Morgan fingerprint density at radius 3 is 2.31 bits per heavy atom. The van der Waals surface area contributed by atoms with Gasteiger partial charge in [0.25, 0.3) is 0 Å². The summed E-state index contributed by atoms with van der Waals surface area (Å²) in [6.07, 6.45) is 4.17. The number of methoxy groups -OCH3 is 1. The summed E-state index contributed by atoms with van der Waals surface area (Å²) in [6, 6.07) is 6.37. The van der Waals surface area contributed by atoms with Crippen LogP contribution >= 0.6 is 0 Å². The molecule has 7 heteroatoms. The topological polar surface area (TPSA) is 39.4 Å². The molecular weight excluding hydrogens is 415 g/mol. The van der Waals surface area contributed by atoms with E-state index in [1.807, 2.05) is 50.7 Å². The van der Waals surface area contributed by atoms with E-state index in [0.29, 0.717) is 5.56 Å². The van der Waals surface area contributed by atoms with Crippen LogP contribution < -0.4 is 5.49 Å². The maximum Gasteiger partial charge on any atom is 0.393 e. The van der Waals surface area contributed by atoms with Gasteiger partial charge in [0.05, 0.1) is 19.3 Å². The van der Waals surface area contributed by atoms with E-state index in [2.05, 4.69) is 23.1 Å². The van der Waals surface area contributed by atoms with Crippen molar-refractivity contribution in [2.24, 2.45) is 12.0 Å². The Kier molecular flexibility index (Phi) is 10.4. The Bertz CT molecular complexity index is 1040. The molecule has 4 nitrogen and oxygen atoms in total. The molecule has 0 saturated carbocycles. The highest BCUT2D eigenvalue weighted by atomic mass is 19.4. The summed E-state index contributed by atoms with van der Waals surface area (Å²) in [5.41, 5.74) is 4.39. The Labute approximate surface area is 187 Å². The van der Waals surface area contributed by atoms with Crippen molar-refractivity contribution in [3.8, 4) is 0 Å². The summed E-state index contributed by atoms with van der Waals surface area (Å²) in [5, 5.41) is 0. The van der Waals surface area contributed by atoms with Gasteiger partial charge in [-0.15, -0.1) is 0 Å². The minimum Gasteiger partial charge on any atom is -0.501 e. The van der Waals surface area contributed by atoms with E-state index < -0.39 is 12.6 Å². The molecule has 0 atom stereocenters. The first-order chi connectivity index (χ1) is 15.0. The minimum absolute atomic E-state index is 0.313. The molecule has 0 bridgehead atoms. The van der Waals surface area contributed by atoms with Crippen LogP contribution in [0.1, 0.15) is 30.7 Å². The summed E-state index contributed by atoms with van der Waals surface area (Å²) < 4.78 is 42.5. The van der Waals surface area contributed by atoms with Crippen molar-refractivity contribution in [1.29, 1.82) is 0 Å². The van der Waals surface area contributed by atoms with Crippen LogP contribution in [-0.2, 0) is 18.2 Å². The second-order valence-corrected chi connectivity index (χ2v) is 7.14. The Hall–Kier alpha value is -3.35. The molecule has 0 radical (unpaired) electrons. The van der Waals surface area contributed by atoms with Gasteiger partial charge in [-0.1, -0.05) is 49.1 Å². The number of ether oxygens (including phenoxy) is 1. The molecule has 0 saturated heterocycles. The standard InChI is InChI=1S/C16H21N3O.C9H9F3/c1-7-14(9-8-13(4)20-6)15-16(18-12(2)3)19(5)11-10-17-15;1-7-2-4-8(5-3-7)6-9(10,11)12/h7-11H,1-2H2,3-6H3;2-5H,6H2,1H3/b13-8+,14-9+,18-16?;. The fourth-order valence-corrected chi connectivity index (χ4v) is 2.48. The smallest absolute Gasteiger partial charge is 0.393 e. The number of benzene rings is 1. The van der Waals surface area contributed by atoms with Crippen molar-refractivity contribution < 1.29 is 17.9 Å². The summed E-state index contributed by atoms with van der Waals surface area (Å²) in [7, 11) is 3.56. The van der Waals surface area contributed by atoms with Crippen molar-refractivity contribution in [3.63, 3.8) is 0 Å². The molecule has 0 amide bonds.